The highest BCUT2D eigenvalue weighted by Gasteiger charge is 2.40. The molecule has 0 aromatic rings. The topological polar surface area (TPSA) is 66.4 Å². The van der Waals surface area contributed by atoms with E-state index in [1.165, 1.54) is 5.57 Å². The molecule has 0 spiro atoms. The van der Waals surface area contributed by atoms with Crippen molar-refractivity contribution in [3.63, 3.8) is 0 Å². The predicted octanol–water partition coefficient (Wildman–Crippen LogP) is 5.58. The Morgan fingerprint density at radius 1 is 1.28 bits per heavy atom. The Labute approximate surface area is 175 Å². The average Bonchev–Trinajstić information content (AvgIpc) is 2.65. The zero-order valence-corrected chi connectivity index (χ0v) is 18.7. The maximum absolute atomic E-state index is 13.6. The number of ketones is 2. The van der Waals surface area contributed by atoms with Crippen LogP contribution in [0.4, 0.5) is 0 Å². The molecule has 2 aliphatic rings. The van der Waals surface area contributed by atoms with E-state index in [0.717, 1.165) is 37.7 Å². The lowest BCUT2D eigenvalue weighted by atomic mass is 9.70. The fourth-order valence-corrected chi connectivity index (χ4v) is 4.26. The zero-order valence-electron chi connectivity index (χ0n) is 18.7. The van der Waals surface area contributed by atoms with Crippen molar-refractivity contribution in [2.45, 2.75) is 73.1 Å². The summed E-state index contributed by atoms with van der Waals surface area (Å²) in [6, 6.07) is 0. The van der Waals surface area contributed by atoms with Gasteiger partial charge in [-0.3, -0.25) is 9.59 Å². The number of allylic oxidation sites excluding steroid dienone is 5. The molecule has 2 aliphatic carbocycles. The van der Waals surface area contributed by atoms with E-state index in [9.17, 15) is 14.7 Å². The smallest absolute Gasteiger partial charge is 0.225 e. The lowest BCUT2D eigenvalue weighted by molar-refractivity contribution is -0.119. The van der Waals surface area contributed by atoms with Gasteiger partial charge in [-0.25, -0.2) is 0 Å². The monoisotopic (exact) mass is 399 g/mol. The van der Waals surface area contributed by atoms with Gasteiger partial charge in [-0.05, 0) is 51.4 Å². The molecule has 0 aliphatic heterocycles. The van der Waals surface area contributed by atoms with Crippen molar-refractivity contribution in [3.8, 4) is 0 Å². The first-order valence-electron chi connectivity index (χ1n) is 11.0. The van der Waals surface area contributed by atoms with Crippen LogP contribution in [-0.2, 0) is 9.59 Å². The highest BCUT2D eigenvalue weighted by molar-refractivity contribution is 6.24. The van der Waals surface area contributed by atoms with Crippen LogP contribution >= 0.6 is 0 Å². The van der Waals surface area contributed by atoms with Gasteiger partial charge in [0.25, 0.3) is 0 Å². The van der Waals surface area contributed by atoms with Crippen molar-refractivity contribution in [1.82, 2.24) is 5.32 Å². The van der Waals surface area contributed by atoms with Crippen molar-refractivity contribution in [2.24, 2.45) is 17.8 Å². The highest BCUT2D eigenvalue weighted by atomic mass is 16.3. The molecule has 0 bridgehead atoms. The minimum Gasteiger partial charge on any atom is -0.504 e. The van der Waals surface area contributed by atoms with Crippen molar-refractivity contribution in [2.75, 3.05) is 6.54 Å². The van der Waals surface area contributed by atoms with E-state index in [4.69, 9.17) is 0 Å². The molecule has 4 nitrogen and oxygen atoms in total. The molecular weight excluding hydrogens is 362 g/mol. The van der Waals surface area contributed by atoms with E-state index in [1.54, 1.807) is 0 Å². The minimum atomic E-state index is -0.390. The minimum absolute atomic E-state index is 0.0561. The number of unbranched alkanes of at least 4 members (excludes halogenated alkanes) is 2. The summed E-state index contributed by atoms with van der Waals surface area (Å²) in [5.41, 5.74) is 3.24. The van der Waals surface area contributed by atoms with Crippen LogP contribution in [0.2, 0.25) is 0 Å². The molecule has 0 amide bonds. The number of rotatable bonds is 9. The Balaban J connectivity index is 2.49. The Bertz CT molecular complexity index is 767. The third kappa shape index (κ3) is 5.29. The molecule has 1 unspecified atom stereocenters. The summed E-state index contributed by atoms with van der Waals surface area (Å²) in [5, 5.41) is 14.1. The molecule has 2 N–H and O–H groups in total. The molecule has 0 heterocycles. The quantitative estimate of drug-likeness (QED) is 0.302. The van der Waals surface area contributed by atoms with Gasteiger partial charge >= 0.3 is 0 Å². The summed E-state index contributed by atoms with van der Waals surface area (Å²) in [5.74, 6) is -0.883. The molecule has 0 aromatic heterocycles. The maximum Gasteiger partial charge on any atom is 0.225 e. The second kappa shape index (κ2) is 10.1. The second-order valence-corrected chi connectivity index (χ2v) is 9.04. The number of hydrogen-bond acceptors (Lipinski definition) is 4. The van der Waals surface area contributed by atoms with E-state index in [2.05, 4.69) is 32.7 Å². The molecule has 2 atom stereocenters. The first-order chi connectivity index (χ1) is 13.7. The predicted molar refractivity (Wildman–Crippen MR) is 118 cm³/mol. The molecule has 0 fully saturated rings. The van der Waals surface area contributed by atoms with Crippen LogP contribution in [0.15, 0.2) is 46.4 Å². The number of aliphatic hydroxyl groups is 1. The maximum atomic E-state index is 13.6. The van der Waals surface area contributed by atoms with Crippen molar-refractivity contribution in [1.29, 1.82) is 0 Å². The normalized spacial score (nSPS) is 23.0. The van der Waals surface area contributed by atoms with Crippen molar-refractivity contribution < 1.29 is 14.7 Å². The summed E-state index contributed by atoms with van der Waals surface area (Å²) in [6.45, 7) is 15.0. The largest absolute Gasteiger partial charge is 0.504 e. The van der Waals surface area contributed by atoms with Crippen LogP contribution < -0.4 is 5.32 Å². The van der Waals surface area contributed by atoms with Crippen LogP contribution in [0, 0.1) is 17.8 Å². The molecule has 2 rings (SSSR count). The first-order valence-corrected chi connectivity index (χ1v) is 11.0. The molecule has 4 heteroatoms. The van der Waals surface area contributed by atoms with Gasteiger partial charge in [0.2, 0.25) is 11.6 Å². The summed E-state index contributed by atoms with van der Waals surface area (Å²) in [7, 11) is 0. The Morgan fingerprint density at radius 3 is 2.55 bits per heavy atom. The summed E-state index contributed by atoms with van der Waals surface area (Å²) in [4.78, 5) is 26.7. The Kier molecular flexibility index (Phi) is 8.06. The van der Waals surface area contributed by atoms with Gasteiger partial charge in [-0.1, -0.05) is 57.4 Å². The first kappa shape index (κ1) is 23.2. The number of aliphatic hydroxyl groups excluding tert-OH is 1. The fourth-order valence-electron chi connectivity index (χ4n) is 4.26. The molecule has 0 saturated carbocycles. The van der Waals surface area contributed by atoms with Crippen LogP contribution in [0.25, 0.3) is 0 Å². The van der Waals surface area contributed by atoms with E-state index < -0.39 is 0 Å². The number of nitrogens with one attached hydrogen (secondary N) is 1. The third-order valence-electron chi connectivity index (χ3n) is 5.95. The molecule has 0 radical (unpaired) electrons. The van der Waals surface area contributed by atoms with Crippen LogP contribution in [-0.4, -0.2) is 23.2 Å². The van der Waals surface area contributed by atoms with Crippen LogP contribution in [0.1, 0.15) is 73.1 Å². The van der Waals surface area contributed by atoms with Gasteiger partial charge in [0.1, 0.15) is 0 Å². The van der Waals surface area contributed by atoms with Crippen molar-refractivity contribution >= 4 is 11.6 Å². The van der Waals surface area contributed by atoms with Gasteiger partial charge < -0.3 is 10.4 Å². The van der Waals surface area contributed by atoms with Crippen LogP contribution in [0.3, 0.4) is 0 Å². The van der Waals surface area contributed by atoms with E-state index in [0.29, 0.717) is 30.2 Å². The molecule has 0 saturated heterocycles. The summed E-state index contributed by atoms with van der Waals surface area (Å²) < 4.78 is 0. The highest BCUT2D eigenvalue weighted by Crippen LogP contribution is 2.41. The summed E-state index contributed by atoms with van der Waals surface area (Å²) >= 11 is 0. The van der Waals surface area contributed by atoms with E-state index in [-0.39, 0.29) is 34.7 Å². The number of carbonyl (C=O) groups is 2. The van der Waals surface area contributed by atoms with E-state index >= 15 is 0 Å². The fraction of sp³-hybridized carbons (Fsp3) is 0.600. The second-order valence-electron chi connectivity index (χ2n) is 9.04. The molecular formula is C25H37NO3. The lowest BCUT2D eigenvalue weighted by Crippen LogP contribution is -2.37. The van der Waals surface area contributed by atoms with Gasteiger partial charge in [0, 0.05) is 18.0 Å². The van der Waals surface area contributed by atoms with E-state index in [1.807, 2.05) is 19.9 Å². The molecule has 0 aromatic carbocycles. The Morgan fingerprint density at radius 2 is 1.97 bits per heavy atom. The zero-order chi connectivity index (χ0) is 21.7. The molecule has 160 valence electrons. The standard InChI is InChI=1S/C25H37NO3/c1-7-8-9-10-19-22(26-14-15(2)3)24(28)21(25(29)23(19)27)20-13-17(6)11-12-18(20)16(4)5/h13,15,18,20,26,29H,4,7-12,14H2,1-3,5-6H3/t18?,20-/m1/s1. The number of Topliss-reactive ketones (excluding diaryl/α,β-unsaturated/α-hetero) is 2. The third-order valence-corrected chi connectivity index (χ3v) is 5.95. The SMILES string of the molecule is C=C(C)C1CCC(C)=C[C@H]1C1=C(O)C(=O)C(CCCCC)=C(NCC(C)C)C1=O. The number of hydrogen-bond donors (Lipinski definition) is 2. The molecule has 29 heavy (non-hydrogen) atoms. The van der Waals surface area contributed by atoms with Gasteiger partial charge in [-0.2, -0.15) is 0 Å². The lowest BCUT2D eigenvalue weighted by Gasteiger charge is -2.34. The van der Waals surface area contributed by atoms with Gasteiger partial charge in [-0.15, -0.1) is 0 Å². The van der Waals surface area contributed by atoms with Crippen molar-refractivity contribution in [3.05, 3.63) is 46.4 Å². The van der Waals surface area contributed by atoms with Gasteiger partial charge in [0.15, 0.2) is 5.76 Å². The van der Waals surface area contributed by atoms with Gasteiger partial charge in [0.05, 0.1) is 11.3 Å². The van der Waals surface area contributed by atoms with Crippen LogP contribution in [0.5, 0.6) is 0 Å². The average molecular weight is 400 g/mol. The summed E-state index contributed by atoms with van der Waals surface area (Å²) in [6.07, 6.45) is 7.23. The Hall–Kier alpha value is -2.10. The number of carbonyl (C=O) groups excluding carboxylic acids is 2.